The summed E-state index contributed by atoms with van der Waals surface area (Å²) in [5.41, 5.74) is 2.39. The third kappa shape index (κ3) is 5.63. The van der Waals surface area contributed by atoms with E-state index in [4.69, 9.17) is 0 Å². The van der Waals surface area contributed by atoms with Gasteiger partial charge in [0, 0.05) is 25.3 Å². The molecule has 2 aliphatic heterocycles. The number of aryl methyl sites for hydroxylation is 1. The lowest BCUT2D eigenvalue weighted by atomic mass is 9.78. The smallest absolute Gasteiger partial charge is 0.234 e. The number of hydrogen-bond donors (Lipinski definition) is 2. The highest BCUT2D eigenvalue weighted by Gasteiger charge is 2.37. The van der Waals surface area contributed by atoms with E-state index < -0.39 is 0 Å². The molecule has 2 fully saturated rings. The third-order valence-electron chi connectivity index (χ3n) is 5.30. The number of halogens is 1. The van der Waals surface area contributed by atoms with Crippen LogP contribution < -0.4 is 10.6 Å². The predicted molar refractivity (Wildman–Crippen MR) is 110 cm³/mol. The second-order valence-corrected chi connectivity index (χ2v) is 8.20. The molecule has 2 heterocycles. The van der Waals surface area contributed by atoms with Crippen molar-refractivity contribution >= 4 is 41.7 Å². The van der Waals surface area contributed by atoms with Crippen LogP contribution in [0.2, 0.25) is 0 Å². The van der Waals surface area contributed by atoms with Crippen molar-refractivity contribution in [2.75, 3.05) is 43.0 Å². The monoisotopic (exact) mass is 397 g/mol. The van der Waals surface area contributed by atoms with Gasteiger partial charge in [-0.2, -0.15) is 0 Å². The number of nitrogens with one attached hydrogen (secondary N) is 2. The van der Waals surface area contributed by atoms with Crippen molar-refractivity contribution < 1.29 is 9.59 Å². The largest absolute Gasteiger partial charge is 0.342 e. The first kappa shape index (κ1) is 21.1. The molecule has 1 aromatic carbocycles. The summed E-state index contributed by atoms with van der Waals surface area (Å²) in [6.45, 7) is 5.94. The molecule has 0 aromatic heterocycles. The van der Waals surface area contributed by atoms with E-state index >= 15 is 0 Å². The van der Waals surface area contributed by atoms with E-state index in [1.54, 1.807) is 0 Å². The van der Waals surface area contributed by atoms with Crippen LogP contribution in [-0.4, -0.2) is 54.4 Å². The van der Waals surface area contributed by atoms with E-state index in [-0.39, 0.29) is 24.2 Å². The van der Waals surface area contributed by atoms with Gasteiger partial charge >= 0.3 is 0 Å². The minimum atomic E-state index is -0.0590. The van der Waals surface area contributed by atoms with E-state index in [0.717, 1.165) is 50.3 Å². The fraction of sp³-hybridized carbons (Fsp3) is 0.579. The van der Waals surface area contributed by atoms with E-state index in [1.807, 2.05) is 36.1 Å². The number of benzene rings is 1. The van der Waals surface area contributed by atoms with E-state index in [2.05, 4.69) is 10.6 Å². The summed E-state index contributed by atoms with van der Waals surface area (Å²) in [5, 5.41) is 6.31. The number of rotatable bonds is 5. The van der Waals surface area contributed by atoms with Crippen LogP contribution in [0.5, 0.6) is 0 Å². The fourth-order valence-corrected chi connectivity index (χ4v) is 4.33. The topological polar surface area (TPSA) is 61.4 Å². The lowest BCUT2D eigenvalue weighted by molar-refractivity contribution is -0.130. The SMILES string of the molecule is Cc1ccc(NC(=O)CSCC(=O)N2CCC3(CCNC3)CC2)cc1.Cl. The number of hydrogen-bond acceptors (Lipinski definition) is 4. The first-order chi connectivity index (χ1) is 12.1. The first-order valence-electron chi connectivity index (χ1n) is 8.99. The molecule has 7 heteroatoms. The lowest BCUT2D eigenvalue weighted by Gasteiger charge is -2.38. The van der Waals surface area contributed by atoms with Gasteiger partial charge in [-0.1, -0.05) is 17.7 Å². The third-order valence-corrected chi connectivity index (χ3v) is 6.22. The molecule has 1 spiro atoms. The number of piperidine rings is 1. The Morgan fingerprint density at radius 3 is 2.46 bits per heavy atom. The van der Waals surface area contributed by atoms with Crippen molar-refractivity contribution in [2.24, 2.45) is 5.41 Å². The molecule has 5 nitrogen and oxygen atoms in total. The maximum atomic E-state index is 12.3. The number of nitrogens with zero attached hydrogens (tertiary/aromatic N) is 1. The van der Waals surface area contributed by atoms with Gasteiger partial charge in [0.15, 0.2) is 0 Å². The number of thioether (sulfide) groups is 1. The van der Waals surface area contributed by atoms with Crippen LogP contribution in [0.25, 0.3) is 0 Å². The van der Waals surface area contributed by atoms with Crippen LogP contribution in [0.15, 0.2) is 24.3 Å². The molecule has 144 valence electrons. The van der Waals surface area contributed by atoms with Gasteiger partial charge in [0.05, 0.1) is 11.5 Å². The van der Waals surface area contributed by atoms with Gasteiger partial charge in [-0.15, -0.1) is 24.2 Å². The van der Waals surface area contributed by atoms with Crippen molar-refractivity contribution in [3.8, 4) is 0 Å². The summed E-state index contributed by atoms with van der Waals surface area (Å²) in [6.07, 6.45) is 3.44. The number of carbonyl (C=O) groups excluding carboxylic acids is 2. The molecule has 0 atom stereocenters. The average molecular weight is 398 g/mol. The summed E-state index contributed by atoms with van der Waals surface area (Å²) >= 11 is 1.39. The molecule has 1 aromatic rings. The normalized spacial score (nSPS) is 18.4. The molecule has 3 rings (SSSR count). The molecule has 0 saturated carbocycles. The van der Waals surface area contributed by atoms with Crippen LogP contribution in [0.4, 0.5) is 5.69 Å². The molecular formula is C19H28ClN3O2S. The minimum absolute atomic E-state index is 0. The Balaban J connectivity index is 0.00000243. The van der Waals surface area contributed by atoms with Gasteiger partial charge in [-0.25, -0.2) is 0 Å². The Morgan fingerprint density at radius 1 is 1.15 bits per heavy atom. The van der Waals surface area contributed by atoms with Crippen LogP contribution in [0.3, 0.4) is 0 Å². The van der Waals surface area contributed by atoms with Crippen molar-refractivity contribution in [1.82, 2.24) is 10.2 Å². The highest BCUT2D eigenvalue weighted by atomic mass is 35.5. The van der Waals surface area contributed by atoms with Gasteiger partial charge in [0.25, 0.3) is 0 Å². The maximum absolute atomic E-state index is 12.3. The van der Waals surface area contributed by atoms with Gasteiger partial charge < -0.3 is 15.5 Å². The second-order valence-electron chi connectivity index (χ2n) is 7.21. The van der Waals surface area contributed by atoms with Crippen molar-refractivity contribution in [2.45, 2.75) is 26.2 Å². The Labute approximate surface area is 166 Å². The molecule has 2 N–H and O–H groups in total. The summed E-state index contributed by atoms with van der Waals surface area (Å²) in [7, 11) is 0. The van der Waals surface area contributed by atoms with Crippen molar-refractivity contribution in [1.29, 1.82) is 0 Å². The van der Waals surface area contributed by atoms with Gasteiger partial charge in [0.1, 0.15) is 0 Å². The Kier molecular flexibility index (Phi) is 7.80. The molecular weight excluding hydrogens is 370 g/mol. The molecule has 2 amide bonds. The van der Waals surface area contributed by atoms with Gasteiger partial charge in [0.2, 0.25) is 11.8 Å². The minimum Gasteiger partial charge on any atom is -0.342 e. The number of anilines is 1. The average Bonchev–Trinajstić information content (AvgIpc) is 3.05. The summed E-state index contributed by atoms with van der Waals surface area (Å²) in [4.78, 5) is 26.3. The zero-order valence-electron chi connectivity index (χ0n) is 15.3. The molecule has 0 unspecified atom stereocenters. The zero-order valence-corrected chi connectivity index (χ0v) is 16.9. The zero-order chi connectivity index (χ0) is 17.7. The fourth-order valence-electron chi connectivity index (χ4n) is 3.61. The predicted octanol–water partition coefficient (Wildman–Crippen LogP) is 2.69. The van der Waals surface area contributed by atoms with Crippen molar-refractivity contribution in [3.63, 3.8) is 0 Å². The molecule has 0 aliphatic carbocycles. The number of carbonyl (C=O) groups is 2. The van der Waals surface area contributed by atoms with E-state index in [1.165, 1.54) is 18.2 Å². The molecule has 0 bridgehead atoms. The van der Waals surface area contributed by atoms with Crippen LogP contribution in [0.1, 0.15) is 24.8 Å². The molecule has 26 heavy (non-hydrogen) atoms. The summed E-state index contributed by atoms with van der Waals surface area (Å²) in [6, 6.07) is 7.72. The Bertz CT molecular complexity index is 608. The quantitative estimate of drug-likeness (QED) is 0.801. The molecule has 2 aliphatic rings. The van der Waals surface area contributed by atoms with Gasteiger partial charge in [-0.3, -0.25) is 9.59 Å². The maximum Gasteiger partial charge on any atom is 0.234 e. The lowest BCUT2D eigenvalue weighted by Crippen LogP contribution is -2.44. The first-order valence-corrected chi connectivity index (χ1v) is 10.1. The highest BCUT2D eigenvalue weighted by Crippen LogP contribution is 2.36. The highest BCUT2D eigenvalue weighted by molar-refractivity contribution is 8.00. The van der Waals surface area contributed by atoms with E-state index in [0.29, 0.717) is 16.9 Å². The number of likely N-dealkylation sites (tertiary alicyclic amines) is 1. The van der Waals surface area contributed by atoms with Crippen LogP contribution in [0, 0.1) is 12.3 Å². The van der Waals surface area contributed by atoms with Crippen LogP contribution >= 0.6 is 24.2 Å². The van der Waals surface area contributed by atoms with Crippen LogP contribution in [-0.2, 0) is 9.59 Å². The second kappa shape index (κ2) is 9.62. The van der Waals surface area contributed by atoms with Gasteiger partial charge in [-0.05, 0) is 50.3 Å². The number of amides is 2. The Morgan fingerprint density at radius 2 is 1.85 bits per heavy atom. The Hall–Kier alpha value is -1.24. The van der Waals surface area contributed by atoms with Crippen molar-refractivity contribution in [3.05, 3.63) is 29.8 Å². The standard InChI is InChI=1S/C19H27N3O2S.ClH/c1-15-2-4-16(5-3-15)21-17(23)12-25-13-18(24)22-10-7-19(8-11-22)6-9-20-14-19;/h2-5,20H,6-14H2,1H3,(H,21,23);1H. The summed E-state index contributed by atoms with van der Waals surface area (Å²) in [5.74, 6) is 0.790. The molecule has 0 radical (unpaired) electrons. The van der Waals surface area contributed by atoms with E-state index in [9.17, 15) is 9.59 Å². The summed E-state index contributed by atoms with van der Waals surface area (Å²) < 4.78 is 0. The molecule has 2 saturated heterocycles.